The molecule has 0 saturated heterocycles. The van der Waals surface area contributed by atoms with Crippen molar-refractivity contribution in [2.45, 2.75) is 13.1 Å². The Hall–Kier alpha value is 1.20. The van der Waals surface area contributed by atoms with E-state index in [4.69, 9.17) is 11.1 Å². The maximum atomic E-state index is 10.5. The van der Waals surface area contributed by atoms with Crippen LogP contribution >= 0.6 is 11.1 Å². The molecule has 0 atom stereocenters. The van der Waals surface area contributed by atoms with Crippen LogP contribution < -0.4 is 4.80 Å². The van der Waals surface area contributed by atoms with Gasteiger partial charge in [-0.15, -0.1) is 0 Å². The molecule has 0 spiro atoms. The Labute approximate surface area is 57.6 Å². The van der Waals surface area contributed by atoms with E-state index in [9.17, 15) is 4.80 Å². The van der Waals surface area contributed by atoms with E-state index in [0.29, 0.717) is 0 Å². The van der Waals surface area contributed by atoms with Crippen LogP contribution in [0.1, 0.15) is 0 Å². The molecule has 0 fully saturated rings. The number of hydrogen-bond acceptors (Lipinski definition) is 1. The summed E-state index contributed by atoms with van der Waals surface area (Å²) in [5.74, 6) is 0. The van der Waals surface area contributed by atoms with Gasteiger partial charge in [0, 0.05) is 0 Å². The third-order valence-electron chi connectivity index (χ3n) is 0.453. The van der Waals surface area contributed by atoms with Gasteiger partial charge in [-0.25, -0.2) is 0 Å². The second kappa shape index (κ2) is 2.66. The molecule has 0 aliphatic carbocycles. The summed E-state index contributed by atoms with van der Waals surface area (Å²) in [5.41, 5.74) is 0. The van der Waals surface area contributed by atoms with Gasteiger partial charge < -0.3 is 0 Å². The van der Waals surface area contributed by atoms with E-state index in [1.165, 1.54) is 0 Å². The Bertz CT molecular complexity index is 88.2. The first-order valence-electron chi connectivity index (χ1n) is 1.82. The average molecular weight is 194 g/mol. The van der Waals surface area contributed by atoms with Crippen molar-refractivity contribution in [3.8, 4) is 0 Å². The first-order chi connectivity index (χ1) is 2.94. The van der Waals surface area contributed by atoms with E-state index in [2.05, 4.69) is 14.9 Å². The number of rotatable bonds is 1. The van der Waals surface area contributed by atoms with Gasteiger partial charge in [-0.1, -0.05) is 0 Å². The van der Waals surface area contributed by atoms with Gasteiger partial charge in [0.15, 0.2) is 0 Å². The molecule has 43 valence electrons. The summed E-state index contributed by atoms with van der Waals surface area (Å²) in [6, 6.07) is 0. The predicted octanol–water partition coefficient (Wildman–Crippen LogP) is -0.0960. The first-order valence-corrected chi connectivity index (χ1v) is 9.75. The van der Waals surface area contributed by atoms with Crippen LogP contribution in [0.15, 0.2) is 0 Å². The molecule has 0 heterocycles. The van der Waals surface area contributed by atoms with E-state index < -0.39 is 13.6 Å². The van der Waals surface area contributed by atoms with Gasteiger partial charge in [0.1, 0.15) is 0 Å². The molecule has 1 nitrogen and oxygen atoms in total. The zero-order valence-corrected chi connectivity index (χ0v) is 8.00. The molecule has 0 aliphatic heterocycles. The molecule has 0 radical (unpaired) electrons. The zero-order valence-electron chi connectivity index (χ0n) is 4.14. The standard InChI is InChI=1S/C2H6ClOSi2.Fe/c1-6(2,3)5-4;/h1-2H3;/q-1;+1. The Morgan fingerprint density at radius 1 is 1.71 bits per heavy atom. The minimum absolute atomic E-state index is 1.65. The Balaban J connectivity index is 3.79. The van der Waals surface area contributed by atoms with E-state index in [1.54, 1.807) is 0 Å². The molecule has 0 aromatic carbocycles. The van der Waals surface area contributed by atoms with Gasteiger partial charge in [-0.3, -0.25) is 0 Å². The molecule has 0 saturated carbocycles. The molecule has 0 aliphatic rings. The number of halogens is 1. The summed E-state index contributed by atoms with van der Waals surface area (Å²) in [4.78, 5) is 10.5. The summed E-state index contributed by atoms with van der Waals surface area (Å²) in [7, 11) is 0. The van der Waals surface area contributed by atoms with Gasteiger partial charge in [-0.05, 0) is 0 Å². The zero-order chi connectivity index (χ0) is 6.08. The van der Waals surface area contributed by atoms with Gasteiger partial charge >= 0.3 is 57.5 Å². The van der Waals surface area contributed by atoms with Crippen molar-refractivity contribution in [1.82, 2.24) is 0 Å². The molecule has 0 aromatic heterocycles. The Morgan fingerprint density at radius 2 is 1.86 bits per heavy atom. The second-order valence-electron chi connectivity index (χ2n) is 1.74. The fraction of sp³-hybridized carbons (Fsp3) is 1.00. The van der Waals surface area contributed by atoms with E-state index >= 15 is 0 Å². The van der Waals surface area contributed by atoms with Gasteiger partial charge in [0.2, 0.25) is 0 Å². The SMILES string of the molecule is C[Si](C)(Cl)[Si]([O-])=[Fe+]. The summed E-state index contributed by atoms with van der Waals surface area (Å²) >= 11 is 9.06. The third kappa shape index (κ3) is 3.76. The van der Waals surface area contributed by atoms with Crippen LogP contribution in [-0.4, -0.2) is 13.6 Å². The fourth-order valence-electron chi connectivity index (χ4n) is 0. The Kier molecular flexibility index (Phi) is 3.12. The molecule has 0 bridgehead atoms. The Morgan fingerprint density at radius 3 is 1.86 bits per heavy atom. The van der Waals surface area contributed by atoms with Crippen molar-refractivity contribution in [1.29, 1.82) is 0 Å². The summed E-state index contributed by atoms with van der Waals surface area (Å²) in [6.07, 6.45) is 0. The summed E-state index contributed by atoms with van der Waals surface area (Å²) in [6.45, 7) is 0.199. The van der Waals surface area contributed by atoms with Crippen LogP contribution in [0, 0.1) is 0 Å². The first kappa shape index (κ1) is 8.20. The summed E-state index contributed by atoms with van der Waals surface area (Å²) in [5, 5.41) is 0. The van der Waals surface area contributed by atoms with E-state index in [-0.39, 0.29) is 0 Å². The molecular weight excluding hydrogens is 187 g/mol. The molecule has 0 rings (SSSR count). The van der Waals surface area contributed by atoms with E-state index in [1.807, 2.05) is 13.1 Å². The van der Waals surface area contributed by atoms with Crippen molar-refractivity contribution >= 4 is 24.7 Å². The third-order valence-corrected chi connectivity index (χ3v) is 13.2. The second-order valence-corrected chi connectivity index (χ2v) is 17.0. The molecule has 7 heavy (non-hydrogen) atoms. The van der Waals surface area contributed by atoms with E-state index in [0.717, 1.165) is 0 Å². The molecule has 0 aromatic rings. The van der Waals surface area contributed by atoms with Gasteiger partial charge in [0.25, 0.3) is 0 Å². The van der Waals surface area contributed by atoms with Gasteiger partial charge in [0.05, 0.1) is 0 Å². The summed E-state index contributed by atoms with van der Waals surface area (Å²) < 4.78 is 0. The van der Waals surface area contributed by atoms with Crippen LogP contribution in [0.2, 0.25) is 13.1 Å². The van der Waals surface area contributed by atoms with Crippen molar-refractivity contribution in [3.05, 3.63) is 0 Å². The van der Waals surface area contributed by atoms with Crippen molar-refractivity contribution < 1.29 is 19.7 Å². The van der Waals surface area contributed by atoms with Crippen LogP contribution in [0.4, 0.5) is 0 Å². The molecule has 0 amide bonds. The van der Waals surface area contributed by atoms with Crippen molar-refractivity contribution in [3.63, 3.8) is 0 Å². The number of hydrogen-bond donors (Lipinski definition) is 0. The maximum absolute atomic E-state index is 10.5. The molecule has 5 heteroatoms. The molecule has 0 N–H and O–H groups in total. The van der Waals surface area contributed by atoms with Crippen LogP contribution in [0.3, 0.4) is 0 Å². The van der Waals surface area contributed by atoms with Crippen LogP contribution in [-0.2, 0) is 14.9 Å². The normalized spacial score (nSPS) is 11.4. The van der Waals surface area contributed by atoms with Crippen LogP contribution in [0.25, 0.3) is 0 Å². The molecular formula is C2H6ClFeOSi2. The van der Waals surface area contributed by atoms with Gasteiger partial charge in [-0.2, -0.15) is 0 Å². The topological polar surface area (TPSA) is 23.1 Å². The monoisotopic (exact) mass is 193 g/mol. The predicted molar refractivity (Wildman–Crippen MR) is 29.1 cm³/mol. The van der Waals surface area contributed by atoms with Crippen LogP contribution in [0.5, 0.6) is 0 Å². The average Bonchev–Trinajstić information content (AvgIpc) is 1.31. The van der Waals surface area contributed by atoms with Crippen molar-refractivity contribution in [2.24, 2.45) is 0 Å². The quantitative estimate of drug-likeness (QED) is 0.422. The van der Waals surface area contributed by atoms with Crippen molar-refractivity contribution in [2.75, 3.05) is 0 Å². The molecule has 0 unspecified atom stereocenters. The fourth-order valence-corrected chi connectivity index (χ4v) is 0. The minimum atomic E-state index is -1.83.